The first-order valence-electron chi connectivity index (χ1n) is 16.1. The largest absolute Gasteiger partial charge is 0.393 e. The highest BCUT2D eigenvalue weighted by atomic mass is 16.3. The maximum absolute atomic E-state index is 11.7. The summed E-state index contributed by atoms with van der Waals surface area (Å²) in [6.07, 6.45) is 14.8. The minimum Gasteiger partial charge on any atom is -0.393 e. The number of aliphatic hydroxyl groups is 2. The Bertz CT molecular complexity index is 708. The first-order valence-corrected chi connectivity index (χ1v) is 16.1. The quantitative estimate of drug-likeness (QED) is 0.271. The highest BCUT2D eigenvalue weighted by Gasteiger charge is 2.62. The molecule has 11 atom stereocenters. The van der Waals surface area contributed by atoms with Crippen LogP contribution in [0.25, 0.3) is 0 Å². The average molecular weight is 504 g/mol. The van der Waals surface area contributed by atoms with E-state index in [2.05, 4.69) is 53.8 Å². The summed E-state index contributed by atoms with van der Waals surface area (Å²) >= 11 is 0. The Labute approximate surface area is 224 Å². The van der Waals surface area contributed by atoms with Crippen LogP contribution in [0.2, 0.25) is 0 Å². The Morgan fingerprint density at radius 1 is 0.833 bits per heavy atom. The van der Waals surface area contributed by atoms with E-state index >= 15 is 0 Å². The van der Waals surface area contributed by atoms with Gasteiger partial charge in [0.1, 0.15) is 0 Å². The molecule has 210 valence electrons. The molecule has 4 unspecified atom stereocenters. The van der Waals surface area contributed by atoms with Crippen molar-refractivity contribution in [3.8, 4) is 0 Å². The topological polar surface area (TPSA) is 52.5 Å². The normalized spacial score (nSPS) is 44.2. The van der Waals surface area contributed by atoms with Crippen molar-refractivity contribution in [2.24, 2.45) is 58.2 Å². The van der Waals surface area contributed by atoms with E-state index in [9.17, 15) is 10.2 Å². The minimum atomic E-state index is -0.162. The fraction of sp³-hybridized carbons (Fsp3) is 1.00. The highest BCUT2D eigenvalue weighted by Crippen LogP contribution is 2.68. The lowest BCUT2D eigenvalue weighted by atomic mass is 9.43. The molecule has 0 aliphatic heterocycles. The molecule has 4 rings (SSSR count). The summed E-state index contributed by atoms with van der Waals surface area (Å²) in [5.74, 6) is 5.19. The van der Waals surface area contributed by atoms with Crippen LogP contribution in [0.5, 0.6) is 0 Å². The number of fused-ring (bicyclic) bond motifs is 5. The van der Waals surface area contributed by atoms with Crippen molar-refractivity contribution in [2.45, 2.75) is 144 Å². The van der Waals surface area contributed by atoms with Crippen LogP contribution in [0.15, 0.2) is 0 Å². The van der Waals surface area contributed by atoms with Gasteiger partial charge in [-0.25, -0.2) is 0 Å². The number of aliphatic hydroxyl groups excluding tert-OH is 2. The predicted molar refractivity (Wildman–Crippen MR) is 152 cm³/mol. The molecule has 0 amide bonds. The van der Waals surface area contributed by atoms with E-state index in [1.807, 2.05) is 0 Å². The summed E-state index contributed by atoms with van der Waals surface area (Å²) in [7, 11) is 0. The van der Waals surface area contributed by atoms with Gasteiger partial charge in [0, 0.05) is 6.04 Å². The number of hydrogen-bond acceptors (Lipinski definition) is 3. The number of rotatable bonds is 10. The van der Waals surface area contributed by atoms with E-state index in [4.69, 9.17) is 0 Å². The van der Waals surface area contributed by atoms with Crippen LogP contribution in [0.4, 0.5) is 0 Å². The van der Waals surface area contributed by atoms with Crippen molar-refractivity contribution in [2.75, 3.05) is 6.54 Å². The zero-order chi connectivity index (χ0) is 26.3. The zero-order valence-electron chi connectivity index (χ0n) is 24.9. The molecule has 3 nitrogen and oxygen atoms in total. The van der Waals surface area contributed by atoms with Crippen LogP contribution in [-0.2, 0) is 0 Å². The molecule has 4 aliphatic carbocycles. The molecule has 3 heteroatoms. The second kappa shape index (κ2) is 11.5. The third-order valence-electron chi connectivity index (χ3n) is 12.5. The molecule has 0 saturated heterocycles. The average Bonchev–Trinajstić information content (AvgIpc) is 3.17. The first kappa shape index (κ1) is 28.9. The lowest BCUT2D eigenvalue weighted by Crippen LogP contribution is -2.59. The third-order valence-corrected chi connectivity index (χ3v) is 12.5. The van der Waals surface area contributed by atoms with Gasteiger partial charge in [0.2, 0.25) is 0 Å². The molecule has 3 N–H and O–H groups in total. The molecule has 0 aromatic heterocycles. The molecule has 0 bridgehead atoms. The Morgan fingerprint density at radius 3 is 2.22 bits per heavy atom. The smallest absolute Gasteiger partial charge is 0.0577 e. The maximum atomic E-state index is 11.7. The summed E-state index contributed by atoms with van der Waals surface area (Å²) in [6, 6.07) is 0.658. The molecule has 0 radical (unpaired) electrons. The van der Waals surface area contributed by atoms with Crippen LogP contribution in [0.1, 0.15) is 126 Å². The van der Waals surface area contributed by atoms with Gasteiger partial charge in [-0.3, -0.25) is 0 Å². The fourth-order valence-electron chi connectivity index (χ4n) is 10.2. The van der Waals surface area contributed by atoms with Crippen LogP contribution < -0.4 is 5.32 Å². The first-order chi connectivity index (χ1) is 17.0. The van der Waals surface area contributed by atoms with Gasteiger partial charge in [0.25, 0.3) is 0 Å². The van der Waals surface area contributed by atoms with Gasteiger partial charge in [-0.05, 0) is 142 Å². The summed E-state index contributed by atoms with van der Waals surface area (Å²) in [5.41, 5.74) is 0.801. The van der Waals surface area contributed by atoms with E-state index in [0.29, 0.717) is 52.4 Å². The van der Waals surface area contributed by atoms with Crippen molar-refractivity contribution in [3.05, 3.63) is 0 Å². The SMILES string of the molecule is CC(C)CCCN[C@H]1CC[C@]2(C)C3CC[C@@]4(C)C(CC[C@@H]4[C@H](C)CC[C@@H](O)C(C)C)C3C(O)C[C@H]2C1. The molecule has 0 spiro atoms. The minimum absolute atomic E-state index is 0.103. The molecule has 4 saturated carbocycles. The molecule has 36 heavy (non-hydrogen) atoms. The molecule has 0 aromatic carbocycles. The second-order valence-electron chi connectivity index (χ2n) is 15.4. The van der Waals surface area contributed by atoms with Gasteiger partial charge in [-0.15, -0.1) is 0 Å². The van der Waals surface area contributed by atoms with Crippen molar-refractivity contribution < 1.29 is 10.2 Å². The van der Waals surface area contributed by atoms with Crippen molar-refractivity contribution in [1.82, 2.24) is 5.32 Å². The molecule has 0 heterocycles. The monoisotopic (exact) mass is 503 g/mol. The standard InChI is InChI=1S/C33H61NO2/c1-21(2)9-8-18-34-25-14-16-32(6)24(19-25)20-30(36)31-27-12-11-26(33(27,7)17-15-28(31)32)23(5)10-13-29(35)22(3)4/h21-31,34-36H,8-20H2,1-7H3/t23-,24-,25+,26-,27?,28?,29-,30?,31?,32+,33-/m1/s1. The Balaban J connectivity index is 1.39. The second-order valence-corrected chi connectivity index (χ2v) is 15.4. The van der Waals surface area contributed by atoms with E-state index in [0.717, 1.165) is 37.6 Å². The number of hydrogen-bond donors (Lipinski definition) is 3. The Morgan fingerprint density at radius 2 is 1.53 bits per heavy atom. The maximum Gasteiger partial charge on any atom is 0.0577 e. The Kier molecular flexibility index (Phi) is 9.26. The predicted octanol–water partition coefficient (Wildman–Crippen LogP) is 7.44. The number of nitrogens with one attached hydrogen (secondary N) is 1. The van der Waals surface area contributed by atoms with E-state index in [1.165, 1.54) is 57.8 Å². The molecular weight excluding hydrogens is 442 g/mol. The third kappa shape index (κ3) is 5.60. The van der Waals surface area contributed by atoms with Crippen LogP contribution in [0, 0.1) is 58.2 Å². The molecule has 4 fully saturated rings. The van der Waals surface area contributed by atoms with Gasteiger partial charge in [0.05, 0.1) is 12.2 Å². The van der Waals surface area contributed by atoms with Crippen molar-refractivity contribution in [1.29, 1.82) is 0 Å². The van der Waals surface area contributed by atoms with Gasteiger partial charge < -0.3 is 15.5 Å². The fourth-order valence-corrected chi connectivity index (χ4v) is 10.2. The lowest BCUT2D eigenvalue weighted by Gasteiger charge is -2.62. The van der Waals surface area contributed by atoms with E-state index in [1.54, 1.807) is 0 Å². The van der Waals surface area contributed by atoms with Gasteiger partial charge in [-0.2, -0.15) is 0 Å². The van der Waals surface area contributed by atoms with Crippen LogP contribution >= 0.6 is 0 Å². The molecular formula is C33H61NO2. The van der Waals surface area contributed by atoms with Gasteiger partial charge in [0.15, 0.2) is 0 Å². The summed E-state index contributed by atoms with van der Waals surface area (Å²) < 4.78 is 0. The summed E-state index contributed by atoms with van der Waals surface area (Å²) in [4.78, 5) is 0. The van der Waals surface area contributed by atoms with Crippen LogP contribution in [0.3, 0.4) is 0 Å². The summed E-state index contributed by atoms with van der Waals surface area (Å²) in [5, 5.41) is 26.0. The van der Waals surface area contributed by atoms with Crippen LogP contribution in [-0.4, -0.2) is 35.0 Å². The van der Waals surface area contributed by atoms with Crippen molar-refractivity contribution in [3.63, 3.8) is 0 Å². The summed E-state index contributed by atoms with van der Waals surface area (Å²) in [6.45, 7) is 17.8. The highest BCUT2D eigenvalue weighted by molar-refractivity contribution is 5.12. The van der Waals surface area contributed by atoms with Gasteiger partial charge >= 0.3 is 0 Å². The lowest BCUT2D eigenvalue weighted by molar-refractivity contribution is -0.167. The van der Waals surface area contributed by atoms with Crippen molar-refractivity contribution >= 4 is 0 Å². The van der Waals surface area contributed by atoms with Gasteiger partial charge in [-0.1, -0.05) is 48.5 Å². The zero-order valence-corrected chi connectivity index (χ0v) is 24.9. The Hall–Kier alpha value is -0.120. The van der Waals surface area contributed by atoms with E-state index < -0.39 is 0 Å². The van der Waals surface area contributed by atoms with E-state index in [-0.39, 0.29) is 12.2 Å². The molecule has 0 aromatic rings. The molecule has 4 aliphatic rings.